The third kappa shape index (κ3) is 1.55. The van der Waals surface area contributed by atoms with Crippen molar-refractivity contribution in [1.29, 1.82) is 0 Å². The zero-order valence-electron chi connectivity index (χ0n) is 11.7. The maximum atomic E-state index is 12.3. The van der Waals surface area contributed by atoms with E-state index in [2.05, 4.69) is 29.2 Å². The number of rotatable bonds is 2. The highest BCUT2D eigenvalue weighted by Gasteiger charge is 2.47. The first-order valence-electron chi connectivity index (χ1n) is 7.55. The van der Waals surface area contributed by atoms with Crippen LogP contribution >= 0.6 is 0 Å². The van der Waals surface area contributed by atoms with E-state index < -0.39 is 0 Å². The molecule has 2 aliphatic carbocycles. The molecule has 1 heterocycles. The third-order valence-electron chi connectivity index (χ3n) is 5.01. The molecule has 3 nitrogen and oxygen atoms in total. The van der Waals surface area contributed by atoms with Gasteiger partial charge in [0.25, 0.3) is 0 Å². The predicted molar refractivity (Wildman–Crippen MR) is 77.6 cm³/mol. The first-order chi connectivity index (χ1) is 9.79. The van der Waals surface area contributed by atoms with Gasteiger partial charge in [-0.3, -0.25) is 4.79 Å². The number of carbonyl (C=O) groups is 1. The van der Waals surface area contributed by atoms with Crippen molar-refractivity contribution in [2.75, 3.05) is 6.61 Å². The van der Waals surface area contributed by atoms with Crippen molar-refractivity contribution < 1.29 is 9.53 Å². The molecule has 0 saturated heterocycles. The molecule has 0 radical (unpaired) electrons. The number of hydrogen-bond acceptors (Lipinski definition) is 2. The van der Waals surface area contributed by atoms with Crippen LogP contribution in [0.15, 0.2) is 24.3 Å². The van der Waals surface area contributed by atoms with Crippen molar-refractivity contribution in [3.63, 3.8) is 0 Å². The topological polar surface area (TPSA) is 42.1 Å². The monoisotopic (exact) mass is 269 g/mol. The molecule has 3 heteroatoms. The highest BCUT2D eigenvalue weighted by molar-refractivity contribution is 5.87. The van der Waals surface area contributed by atoms with Crippen LogP contribution in [0.1, 0.15) is 36.9 Å². The quantitative estimate of drug-likeness (QED) is 0.849. The van der Waals surface area contributed by atoms with Gasteiger partial charge < -0.3 is 9.72 Å². The summed E-state index contributed by atoms with van der Waals surface area (Å²) in [7, 11) is 0. The second kappa shape index (κ2) is 4.37. The Hall–Kier alpha value is -1.77. The first-order valence-corrected chi connectivity index (χ1v) is 7.55. The number of ether oxygens (including phenoxy) is 1. The molecule has 2 bridgehead atoms. The van der Waals surface area contributed by atoms with Crippen molar-refractivity contribution >= 4 is 16.9 Å². The molecule has 3 atom stereocenters. The van der Waals surface area contributed by atoms with E-state index in [4.69, 9.17) is 4.74 Å². The smallest absolute Gasteiger partial charge is 0.309 e. The minimum absolute atomic E-state index is 0.0101. The predicted octanol–water partition coefficient (Wildman–Crippen LogP) is 3.40. The zero-order chi connectivity index (χ0) is 13.7. The van der Waals surface area contributed by atoms with Gasteiger partial charge in [0.2, 0.25) is 0 Å². The summed E-state index contributed by atoms with van der Waals surface area (Å²) in [5.41, 5.74) is 3.93. The summed E-state index contributed by atoms with van der Waals surface area (Å²) in [6.07, 6.45) is 3.25. The van der Waals surface area contributed by atoms with Crippen LogP contribution < -0.4 is 0 Å². The minimum atomic E-state index is 0.0101. The minimum Gasteiger partial charge on any atom is -0.466 e. The fourth-order valence-electron chi connectivity index (χ4n) is 4.30. The lowest BCUT2D eigenvalue weighted by molar-refractivity contribution is -0.150. The van der Waals surface area contributed by atoms with Gasteiger partial charge in [-0.1, -0.05) is 18.2 Å². The van der Waals surface area contributed by atoms with Crippen molar-refractivity contribution in [2.45, 2.75) is 32.1 Å². The lowest BCUT2D eigenvalue weighted by Crippen LogP contribution is -2.30. The molecule has 0 amide bonds. The van der Waals surface area contributed by atoms with E-state index in [-0.39, 0.29) is 11.9 Å². The number of esters is 1. The molecule has 1 aromatic heterocycles. The van der Waals surface area contributed by atoms with Crippen LogP contribution in [0.4, 0.5) is 0 Å². The molecule has 0 aliphatic heterocycles. The number of H-pyrrole nitrogens is 1. The molecule has 1 fully saturated rings. The normalized spacial score (nSPS) is 27.6. The van der Waals surface area contributed by atoms with Crippen LogP contribution in [-0.4, -0.2) is 17.6 Å². The standard InChI is InChI=1S/C17H19NO2/c1-2-20-17(19)15-10-7-8-12(15)16-11-5-3-4-6-13(11)18-14(16)9-10/h3-6,10,12,15,18H,2,7-9H2,1H3/t10-,12-,15+/m0/s1. The van der Waals surface area contributed by atoms with Crippen molar-refractivity contribution in [1.82, 2.24) is 4.98 Å². The highest BCUT2D eigenvalue weighted by atomic mass is 16.5. The molecular weight excluding hydrogens is 250 g/mol. The summed E-state index contributed by atoms with van der Waals surface area (Å²) in [5, 5.41) is 1.29. The van der Waals surface area contributed by atoms with Crippen molar-refractivity contribution in [3.8, 4) is 0 Å². The second-order valence-corrected chi connectivity index (χ2v) is 5.99. The van der Waals surface area contributed by atoms with Gasteiger partial charge in [-0.15, -0.1) is 0 Å². The summed E-state index contributed by atoms with van der Waals surface area (Å²) in [5.74, 6) is 0.885. The molecule has 20 heavy (non-hydrogen) atoms. The number of nitrogens with one attached hydrogen (secondary N) is 1. The second-order valence-electron chi connectivity index (χ2n) is 5.99. The molecule has 104 valence electrons. The third-order valence-corrected chi connectivity index (χ3v) is 5.01. The number of aromatic amines is 1. The number of aromatic nitrogens is 1. The average molecular weight is 269 g/mol. The summed E-state index contributed by atoms with van der Waals surface area (Å²) >= 11 is 0. The maximum Gasteiger partial charge on any atom is 0.309 e. The fraction of sp³-hybridized carbons (Fsp3) is 0.471. The van der Waals surface area contributed by atoms with E-state index in [1.54, 1.807) is 0 Å². The summed E-state index contributed by atoms with van der Waals surface area (Å²) < 4.78 is 5.32. The van der Waals surface area contributed by atoms with Crippen LogP contribution in [0, 0.1) is 11.8 Å². The molecule has 1 saturated carbocycles. The van der Waals surface area contributed by atoms with E-state index in [9.17, 15) is 4.79 Å². The number of carbonyl (C=O) groups excluding carboxylic acids is 1. The summed E-state index contributed by atoms with van der Waals surface area (Å²) in [6.45, 7) is 2.37. The van der Waals surface area contributed by atoms with Crippen LogP contribution in [-0.2, 0) is 16.0 Å². The summed E-state index contributed by atoms with van der Waals surface area (Å²) in [6, 6.07) is 8.44. The van der Waals surface area contributed by atoms with Gasteiger partial charge in [0.15, 0.2) is 0 Å². The lowest BCUT2D eigenvalue weighted by Gasteiger charge is -2.28. The van der Waals surface area contributed by atoms with Gasteiger partial charge in [-0.2, -0.15) is 0 Å². The SMILES string of the molecule is CCOC(=O)[C@@H]1[C@H]2CC[C@@H]1c1c([nH]c3ccccc13)C2. The molecule has 2 aromatic rings. The lowest BCUT2D eigenvalue weighted by atomic mass is 9.76. The molecule has 2 aliphatic rings. The van der Waals surface area contributed by atoms with Gasteiger partial charge in [-0.25, -0.2) is 0 Å². The molecule has 1 N–H and O–H groups in total. The number of hydrogen-bond donors (Lipinski definition) is 1. The molecule has 0 unspecified atom stereocenters. The Kier molecular flexibility index (Phi) is 2.62. The van der Waals surface area contributed by atoms with E-state index >= 15 is 0 Å². The Bertz CT molecular complexity index is 673. The Morgan fingerprint density at radius 3 is 3.05 bits per heavy atom. The Labute approximate surface area is 118 Å². The molecule has 1 aromatic carbocycles. The van der Waals surface area contributed by atoms with Gasteiger partial charge in [0, 0.05) is 16.6 Å². The van der Waals surface area contributed by atoms with Crippen LogP contribution in [0.2, 0.25) is 0 Å². The number of para-hydroxylation sites is 1. The van der Waals surface area contributed by atoms with Gasteiger partial charge in [-0.05, 0) is 49.7 Å². The van der Waals surface area contributed by atoms with Crippen LogP contribution in [0.25, 0.3) is 10.9 Å². The average Bonchev–Trinajstić information content (AvgIpc) is 2.97. The maximum absolute atomic E-state index is 12.3. The van der Waals surface area contributed by atoms with Gasteiger partial charge >= 0.3 is 5.97 Å². The van der Waals surface area contributed by atoms with Crippen molar-refractivity contribution in [3.05, 3.63) is 35.5 Å². The van der Waals surface area contributed by atoms with Gasteiger partial charge in [0.05, 0.1) is 12.5 Å². The van der Waals surface area contributed by atoms with Crippen LogP contribution in [0.3, 0.4) is 0 Å². The fourth-order valence-corrected chi connectivity index (χ4v) is 4.30. The first kappa shape index (κ1) is 12.0. The Balaban J connectivity index is 1.82. The van der Waals surface area contributed by atoms with Crippen LogP contribution in [0.5, 0.6) is 0 Å². The van der Waals surface area contributed by atoms with E-state index in [0.717, 1.165) is 19.3 Å². The largest absolute Gasteiger partial charge is 0.466 e. The van der Waals surface area contributed by atoms with E-state index in [1.807, 2.05) is 6.92 Å². The summed E-state index contributed by atoms with van der Waals surface area (Å²) in [4.78, 5) is 15.9. The number of fused-ring (bicyclic) bond motifs is 6. The Morgan fingerprint density at radius 2 is 2.20 bits per heavy atom. The number of benzene rings is 1. The zero-order valence-corrected chi connectivity index (χ0v) is 11.7. The Morgan fingerprint density at radius 1 is 1.35 bits per heavy atom. The molecule has 0 spiro atoms. The van der Waals surface area contributed by atoms with E-state index in [1.165, 1.54) is 22.2 Å². The highest BCUT2D eigenvalue weighted by Crippen LogP contribution is 2.52. The molecule has 4 rings (SSSR count). The molecular formula is C17H19NO2. The van der Waals surface area contributed by atoms with Gasteiger partial charge in [0.1, 0.15) is 0 Å². The van der Waals surface area contributed by atoms with E-state index in [0.29, 0.717) is 18.4 Å². The van der Waals surface area contributed by atoms with Crippen molar-refractivity contribution in [2.24, 2.45) is 11.8 Å².